The summed E-state index contributed by atoms with van der Waals surface area (Å²) in [5.74, 6) is 2.31. The van der Waals surface area contributed by atoms with Crippen LogP contribution in [0.15, 0.2) is 85.1 Å². The van der Waals surface area contributed by atoms with Crippen LogP contribution >= 0.6 is 9.39 Å². The van der Waals surface area contributed by atoms with E-state index in [4.69, 9.17) is 4.74 Å². The Hall–Kier alpha value is -4.00. The summed E-state index contributed by atoms with van der Waals surface area (Å²) in [6, 6.07) is 26.2. The second kappa shape index (κ2) is 12.7. The van der Waals surface area contributed by atoms with Gasteiger partial charge in [-0.05, 0) is 41.3 Å². The summed E-state index contributed by atoms with van der Waals surface area (Å²) in [7, 11) is 4.04. The first-order valence-corrected chi connectivity index (χ1v) is 13.6. The highest BCUT2D eigenvalue weighted by atomic mass is 31.0. The number of ether oxygens (including phenoxy) is 1. The van der Waals surface area contributed by atoms with Gasteiger partial charge in [0.15, 0.2) is 5.82 Å². The topological polar surface area (TPSA) is 96.9 Å². The molecule has 1 unspecified atom stereocenters. The zero-order chi connectivity index (χ0) is 27.0. The number of aryl methyl sites for hydroxylation is 2. The number of H-pyrrole nitrogens is 1. The molecule has 8 nitrogen and oxygen atoms in total. The fourth-order valence-electron chi connectivity index (χ4n) is 4.84. The number of rotatable bonds is 12. The summed E-state index contributed by atoms with van der Waals surface area (Å²) in [4.78, 5) is 16.2. The molecule has 0 saturated heterocycles. The van der Waals surface area contributed by atoms with Crippen LogP contribution in [0.25, 0.3) is 10.9 Å². The molecule has 0 saturated carbocycles. The van der Waals surface area contributed by atoms with Crippen molar-refractivity contribution in [3.8, 4) is 5.75 Å². The third-order valence-electron chi connectivity index (χ3n) is 6.84. The van der Waals surface area contributed by atoms with Gasteiger partial charge in [0.05, 0.1) is 26.2 Å². The maximum absolute atomic E-state index is 12.8. The first-order valence-electron chi connectivity index (χ1n) is 13.0. The van der Waals surface area contributed by atoms with Gasteiger partial charge in [-0.2, -0.15) is 0 Å². The molecule has 39 heavy (non-hydrogen) atoms. The number of carbonyl (C=O) groups is 1. The first kappa shape index (κ1) is 26.6. The Labute approximate surface area is 230 Å². The van der Waals surface area contributed by atoms with E-state index in [2.05, 4.69) is 88.1 Å². The number of fused-ring (bicyclic) bond motifs is 1. The molecule has 0 aliphatic heterocycles. The van der Waals surface area contributed by atoms with Gasteiger partial charge in [0.25, 0.3) is 0 Å². The van der Waals surface area contributed by atoms with Gasteiger partial charge in [-0.1, -0.05) is 70.1 Å². The molecule has 5 rings (SSSR count). The maximum Gasteiger partial charge on any atom is 0.234 e. The van der Waals surface area contributed by atoms with Gasteiger partial charge in [-0.3, -0.25) is 9.88 Å². The van der Waals surface area contributed by atoms with Crippen LogP contribution in [0.4, 0.5) is 0 Å². The molecule has 1 amide bonds. The molecule has 0 aliphatic carbocycles. The molecule has 2 aromatic heterocycles. The Kier molecular flexibility index (Phi) is 8.66. The van der Waals surface area contributed by atoms with Crippen molar-refractivity contribution in [3.63, 3.8) is 0 Å². The van der Waals surface area contributed by atoms with Crippen molar-refractivity contribution in [3.05, 3.63) is 113 Å². The second-order valence-electron chi connectivity index (χ2n) is 9.46. The molecule has 0 aliphatic rings. The van der Waals surface area contributed by atoms with Gasteiger partial charge in [-0.25, -0.2) is 0 Å². The SMILES string of the molecule is COc1ccc(Cn2c(CCc3ccccc3)nnc2[C@@H](Cc2c[nH]c3ccccc23)NC(=O)CNP)cc1. The molecular formula is C30H33N6O2P. The molecule has 0 radical (unpaired) electrons. The highest BCUT2D eigenvalue weighted by Gasteiger charge is 2.25. The first-order chi connectivity index (χ1) is 19.1. The number of para-hydroxylation sites is 1. The van der Waals surface area contributed by atoms with Crippen molar-refractivity contribution in [2.24, 2.45) is 0 Å². The molecule has 2 atom stereocenters. The smallest absolute Gasteiger partial charge is 0.234 e. The zero-order valence-electron chi connectivity index (χ0n) is 21.9. The molecule has 0 bridgehead atoms. The Morgan fingerprint density at radius 1 is 0.974 bits per heavy atom. The summed E-state index contributed by atoms with van der Waals surface area (Å²) < 4.78 is 7.50. The van der Waals surface area contributed by atoms with Gasteiger partial charge in [0, 0.05) is 29.9 Å². The van der Waals surface area contributed by atoms with Crippen molar-refractivity contribution in [1.82, 2.24) is 30.2 Å². The Balaban J connectivity index is 1.51. The fraction of sp³-hybridized carbons (Fsp3) is 0.233. The molecule has 3 aromatic carbocycles. The maximum atomic E-state index is 12.8. The quantitative estimate of drug-likeness (QED) is 0.204. The van der Waals surface area contributed by atoms with Crippen LogP contribution in [0.2, 0.25) is 0 Å². The highest BCUT2D eigenvalue weighted by Crippen LogP contribution is 2.26. The average Bonchev–Trinajstić information content (AvgIpc) is 3.56. The number of amides is 1. The van der Waals surface area contributed by atoms with Crippen molar-refractivity contribution >= 4 is 26.2 Å². The van der Waals surface area contributed by atoms with Crippen LogP contribution in [-0.4, -0.2) is 39.3 Å². The lowest BCUT2D eigenvalue weighted by Crippen LogP contribution is -2.36. The summed E-state index contributed by atoms with van der Waals surface area (Å²) in [6.07, 6.45) is 4.16. The molecule has 200 valence electrons. The number of nitrogens with one attached hydrogen (secondary N) is 3. The van der Waals surface area contributed by atoms with E-state index >= 15 is 0 Å². The molecule has 3 N–H and O–H groups in total. The molecule has 2 heterocycles. The van der Waals surface area contributed by atoms with Crippen LogP contribution in [0.3, 0.4) is 0 Å². The van der Waals surface area contributed by atoms with Crippen LogP contribution < -0.4 is 15.1 Å². The highest BCUT2D eigenvalue weighted by molar-refractivity contribution is 7.13. The molecule has 5 aromatic rings. The number of carbonyl (C=O) groups excluding carboxylic acids is 1. The lowest BCUT2D eigenvalue weighted by atomic mass is 10.0. The standard InChI is InChI=1S/C30H33N6O2P/c1-38-24-14-11-22(12-15-24)20-36-28(16-13-21-7-3-2-4-8-21)34-35-30(36)27(33-29(37)19-32-39)17-23-18-31-26-10-6-5-9-25(23)26/h2-12,14-15,18,27,31-32H,13,16-17,19-20,39H2,1H3,(H,33,37)/t27-/m1/s1. The summed E-state index contributed by atoms with van der Waals surface area (Å²) >= 11 is 0. The molecule has 0 spiro atoms. The number of hydrogen-bond donors (Lipinski definition) is 3. The number of benzene rings is 3. The van der Waals surface area contributed by atoms with Gasteiger partial charge >= 0.3 is 0 Å². The third kappa shape index (κ3) is 6.53. The average molecular weight is 541 g/mol. The Bertz CT molecular complexity index is 1510. The normalized spacial score (nSPS) is 11.9. The number of aromatic amines is 1. The number of methoxy groups -OCH3 is 1. The van der Waals surface area contributed by atoms with E-state index in [0.29, 0.717) is 13.0 Å². The third-order valence-corrected chi connectivity index (χ3v) is 7.05. The van der Waals surface area contributed by atoms with Crippen LogP contribution in [0, 0.1) is 0 Å². The number of nitrogens with zero attached hydrogens (tertiary/aromatic N) is 3. The van der Waals surface area contributed by atoms with Gasteiger partial charge in [0.1, 0.15) is 11.6 Å². The van der Waals surface area contributed by atoms with Crippen molar-refractivity contribution in [2.45, 2.75) is 31.8 Å². The van der Waals surface area contributed by atoms with E-state index in [1.807, 2.05) is 36.5 Å². The van der Waals surface area contributed by atoms with E-state index in [1.54, 1.807) is 7.11 Å². The minimum atomic E-state index is -0.369. The van der Waals surface area contributed by atoms with Gasteiger partial charge < -0.3 is 19.6 Å². The van der Waals surface area contributed by atoms with E-state index < -0.39 is 0 Å². The van der Waals surface area contributed by atoms with Gasteiger partial charge in [-0.15, -0.1) is 10.2 Å². The van der Waals surface area contributed by atoms with Gasteiger partial charge in [0.2, 0.25) is 5.91 Å². The minimum Gasteiger partial charge on any atom is -0.497 e. The van der Waals surface area contributed by atoms with Crippen molar-refractivity contribution in [2.75, 3.05) is 13.7 Å². The minimum absolute atomic E-state index is 0.111. The molecule has 0 fully saturated rings. The van der Waals surface area contributed by atoms with E-state index in [1.165, 1.54) is 5.56 Å². The Morgan fingerprint density at radius 2 is 1.74 bits per heavy atom. The van der Waals surface area contributed by atoms with E-state index in [-0.39, 0.29) is 18.5 Å². The number of hydrogen-bond acceptors (Lipinski definition) is 5. The van der Waals surface area contributed by atoms with E-state index in [9.17, 15) is 4.79 Å². The van der Waals surface area contributed by atoms with Crippen LogP contribution in [0.5, 0.6) is 5.75 Å². The monoisotopic (exact) mass is 540 g/mol. The summed E-state index contributed by atoms with van der Waals surface area (Å²) in [5.41, 5.74) is 4.52. The molecular weight excluding hydrogens is 507 g/mol. The van der Waals surface area contributed by atoms with E-state index in [0.717, 1.165) is 52.3 Å². The lowest BCUT2D eigenvalue weighted by molar-refractivity contribution is -0.120. The van der Waals surface area contributed by atoms with Crippen LogP contribution in [0.1, 0.15) is 34.4 Å². The zero-order valence-corrected chi connectivity index (χ0v) is 23.1. The number of aromatic nitrogens is 4. The second-order valence-corrected chi connectivity index (χ2v) is 9.87. The largest absolute Gasteiger partial charge is 0.497 e. The lowest BCUT2D eigenvalue weighted by Gasteiger charge is -2.20. The Morgan fingerprint density at radius 3 is 2.51 bits per heavy atom. The summed E-state index contributed by atoms with van der Waals surface area (Å²) in [5, 5.41) is 16.5. The summed E-state index contributed by atoms with van der Waals surface area (Å²) in [6.45, 7) is 0.765. The van der Waals surface area contributed by atoms with Crippen LogP contribution in [-0.2, 0) is 30.6 Å². The van der Waals surface area contributed by atoms with Crippen molar-refractivity contribution in [1.29, 1.82) is 0 Å². The predicted octanol–water partition coefficient (Wildman–Crippen LogP) is 4.38. The molecule has 9 heteroatoms. The predicted molar refractivity (Wildman–Crippen MR) is 157 cm³/mol. The fourth-order valence-corrected chi connectivity index (χ4v) is 5.03. The van der Waals surface area contributed by atoms with Crippen molar-refractivity contribution < 1.29 is 9.53 Å².